The Morgan fingerprint density at radius 1 is 1.04 bits per heavy atom. The summed E-state index contributed by atoms with van der Waals surface area (Å²) in [4.78, 5) is 4.42. The predicted molar refractivity (Wildman–Crippen MR) is 94.0 cm³/mol. The summed E-state index contributed by atoms with van der Waals surface area (Å²) in [5, 5.41) is 12.8. The first-order chi connectivity index (χ1) is 12.7. The van der Waals surface area contributed by atoms with Gasteiger partial charge in [-0.05, 0) is 55.0 Å². The van der Waals surface area contributed by atoms with Crippen LogP contribution in [0, 0.1) is 6.92 Å². The average molecular weight is 358 g/mol. The maximum atomic E-state index is 12.2. The molecule has 0 spiro atoms. The van der Waals surface area contributed by atoms with Gasteiger partial charge in [0.05, 0.1) is 6.61 Å². The van der Waals surface area contributed by atoms with Gasteiger partial charge in [0.1, 0.15) is 31.4 Å². The van der Waals surface area contributed by atoms with Crippen molar-refractivity contribution in [2.75, 3.05) is 26.5 Å². The van der Waals surface area contributed by atoms with Crippen LogP contribution in [0.2, 0.25) is 0 Å². The van der Waals surface area contributed by atoms with Crippen LogP contribution in [0.1, 0.15) is 5.56 Å². The summed E-state index contributed by atoms with van der Waals surface area (Å²) in [5.74, 6) is 2.14. The lowest BCUT2D eigenvalue weighted by atomic mass is 10.1. The molecule has 0 bridgehead atoms. The normalized spacial score (nSPS) is 10.7. The van der Waals surface area contributed by atoms with Crippen molar-refractivity contribution in [1.82, 2.24) is 10.1 Å². The number of benzene rings is 2. The van der Waals surface area contributed by atoms with Crippen LogP contribution in [-0.2, 0) is 0 Å². The van der Waals surface area contributed by atoms with E-state index in [0.717, 1.165) is 16.7 Å². The molecule has 3 rings (SSSR count). The van der Waals surface area contributed by atoms with Crippen molar-refractivity contribution in [3.8, 4) is 34.3 Å². The molecular weight excluding hydrogens is 339 g/mol. The zero-order valence-corrected chi connectivity index (χ0v) is 14.3. The van der Waals surface area contributed by atoms with Crippen LogP contribution in [-0.4, -0.2) is 41.7 Å². The van der Waals surface area contributed by atoms with Crippen LogP contribution in [0.15, 0.2) is 47.0 Å². The van der Waals surface area contributed by atoms with Gasteiger partial charge in [0.25, 0.3) is 5.89 Å². The van der Waals surface area contributed by atoms with Crippen LogP contribution in [0.4, 0.5) is 4.39 Å². The van der Waals surface area contributed by atoms with Crippen LogP contribution in [0.25, 0.3) is 22.8 Å². The number of hydrogen-bond donors (Lipinski definition) is 1. The largest absolute Gasteiger partial charge is 0.491 e. The van der Waals surface area contributed by atoms with E-state index < -0.39 is 6.67 Å². The maximum Gasteiger partial charge on any atom is 0.258 e. The minimum absolute atomic E-state index is 0.0307. The summed E-state index contributed by atoms with van der Waals surface area (Å²) in [6.07, 6.45) is 0. The van der Waals surface area contributed by atoms with Crippen molar-refractivity contribution >= 4 is 0 Å². The monoisotopic (exact) mass is 358 g/mol. The highest BCUT2D eigenvalue weighted by Crippen LogP contribution is 2.27. The molecule has 1 heterocycles. The number of halogens is 1. The first-order valence-corrected chi connectivity index (χ1v) is 8.19. The van der Waals surface area contributed by atoms with Crippen molar-refractivity contribution in [3.05, 3.63) is 48.0 Å². The summed E-state index contributed by atoms with van der Waals surface area (Å²) in [7, 11) is 0. The van der Waals surface area contributed by atoms with Crippen molar-refractivity contribution in [3.63, 3.8) is 0 Å². The second-order valence-electron chi connectivity index (χ2n) is 5.54. The Morgan fingerprint density at radius 3 is 2.50 bits per heavy atom. The Labute approximate surface area is 150 Å². The van der Waals surface area contributed by atoms with Gasteiger partial charge in [0, 0.05) is 11.1 Å². The molecule has 3 aromatic rings. The maximum absolute atomic E-state index is 12.2. The molecule has 26 heavy (non-hydrogen) atoms. The van der Waals surface area contributed by atoms with E-state index in [1.54, 1.807) is 24.3 Å². The number of aliphatic hydroxyl groups excluding tert-OH is 1. The first-order valence-electron chi connectivity index (χ1n) is 8.19. The van der Waals surface area contributed by atoms with Gasteiger partial charge in [-0.2, -0.15) is 4.98 Å². The molecule has 6 nitrogen and oxygen atoms in total. The highest BCUT2D eigenvalue weighted by atomic mass is 19.1. The molecule has 0 aliphatic rings. The molecule has 0 amide bonds. The van der Waals surface area contributed by atoms with Gasteiger partial charge >= 0.3 is 0 Å². The number of ether oxygens (including phenoxy) is 2. The van der Waals surface area contributed by atoms with Crippen LogP contribution in [0.3, 0.4) is 0 Å². The van der Waals surface area contributed by atoms with Crippen LogP contribution >= 0.6 is 0 Å². The molecule has 0 radical (unpaired) electrons. The third kappa shape index (κ3) is 4.18. The fraction of sp³-hybridized carbons (Fsp3) is 0.263. The number of aliphatic hydroxyl groups is 1. The van der Waals surface area contributed by atoms with E-state index in [2.05, 4.69) is 10.1 Å². The second-order valence-corrected chi connectivity index (χ2v) is 5.54. The predicted octanol–water partition coefficient (Wildman–Crippen LogP) is 3.43. The Morgan fingerprint density at radius 2 is 1.81 bits per heavy atom. The smallest absolute Gasteiger partial charge is 0.258 e. The van der Waals surface area contributed by atoms with E-state index in [-0.39, 0.29) is 19.8 Å². The van der Waals surface area contributed by atoms with Gasteiger partial charge in [-0.15, -0.1) is 0 Å². The quantitative estimate of drug-likeness (QED) is 0.665. The molecule has 1 N–H and O–H groups in total. The van der Waals surface area contributed by atoms with E-state index in [1.807, 2.05) is 25.1 Å². The van der Waals surface area contributed by atoms with Gasteiger partial charge in [0.2, 0.25) is 5.82 Å². The molecule has 0 atom stereocenters. The number of aryl methyl sites for hydroxylation is 1. The topological polar surface area (TPSA) is 77.6 Å². The van der Waals surface area contributed by atoms with Crippen molar-refractivity contribution in [2.45, 2.75) is 6.92 Å². The standard InChI is InChI=1S/C19H19FN2O4/c1-13-12-15(4-7-17(13)25-10-8-20)19-21-18(22-26-19)14-2-5-16(6-3-14)24-11-9-23/h2-7,12,23H,8-11H2,1H3. The Bertz CT molecular complexity index is 849. The molecule has 0 fully saturated rings. The van der Waals surface area contributed by atoms with Gasteiger partial charge in [-0.25, -0.2) is 4.39 Å². The van der Waals surface area contributed by atoms with Crippen LogP contribution < -0.4 is 9.47 Å². The summed E-state index contributed by atoms with van der Waals surface area (Å²) >= 11 is 0. The number of nitrogens with zero attached hydrogens (tertiary/aromatic N) is 2. The lowest BCUT2D eigenvalue weighted by Crippen LogP contribution is -2.01. The molecule has 0 aliphatic heterocycles. The first kappa shape index (κ1) is 17.9. The SMILES string of the molecule is Cc1cc(-c2nc(-c3ccc(OCCO)cc3)no2)ccc1OCCF. The Balaban J connectivity index is 1.76. The zero-order chi connectivity index (χ0) is 18.4. The van der Waals surface area contributed by atoms with Crippen molar-refractivity contribution in [2.24, 2.45) is 0 Å². The molecule has 0 saturated carbocycles. The highest BCUT2D eigenvalue weighted by molar-refractivity contribution is 5.62. The zero-order valence-electron chi connectivity index (χ0n) is 14.3. The number of rotatable bonds is 8. The van der Waals surface area contributed by atoms with Crippen molar-refractivity contribution in [1.29, 1.82) is 0 Å². The molecule has 2 aromatic carbocycles. The third-order valence-corrected chi connectivity index (χ3v) is 3.66. The summed E-state index contributed by atoms with van der Waals surface area (Å²) in [6, 6.07) is 12.6. The Hall–Kier alpha value is -2.93. The molecule has 0 unspecified atom stereocenters. The minimum Gasteiger partial charge on any atom is -0.491 e. The molecular formula is C19H19FN2O4. The number of alkyl halides is 1. The van der Waals surface area contributed by atoms with Crippen LogP contribution in [0.5, 0.6) is 11.5 Å². The summed E-state index contributed by atoms with van der Waals surface area (Å²) in [6.45, 7) is 1.59. The van der Waals surface area contributed by atoms with Crippen molar-refractivity contribution < 1.29 is 23.5 Å². The minimum atomic E-state index is -0.530. The average Bonchev–Trinajstić information content (AvgIpc) is 3.16. The van der Waals surface area contributed by atoms with Gasteiger partial charge < -0.3 is 19.1 Å². The Kier molecular flexibility index (Phi) is 5.80. The molecule has 0 saturated heterocycles. The molecule has 7 heteroatoms. The fourth-order valence-corrected chi connectivity index (χ4v) is 2.41. The van der Waals surface area contributed by atoms with E-state index in [0.29, 0.717) is 23.2 Å². The lowest BCUT2D eigenvalue weighted by Gasteiger charge is -2.07. The van der Waals surface area contributed by atoms with E-state index in [9.17, 15) is 4.39 Å². The van der Waals surface area contributed by atoms with Gasteiger partial charge in [-0.1, -0.05) is 5.16 Å². The fourth-order valence-electron chi connectivity index (χ4n) is 2.41. The number of aromatic nitrogens is 2. The van der Waals surface area contributed by atoms with E-state index in [4.69, 9.17) is 19.1 Å². The van der Waals surface area contributed by atoms with Gasteiger partial charge in [-0.3, -0.25) is 0 Å². The summed E-state index contributed by atoms with van der Waals surface area (Å²) in [5.41, 5.74) is 2.41. The number of hydrogen-bond acceptors (Lipinski definition) is 6. The van der Waals surface area contributed by atoms with Gasteiger partial charge in [0.15, 0.2) is 0 Å². The van der Waals surface area contributed by atoms with E-state index >= 15 is 0 Å². The second kappa shape index (κ2) is 8.44. The third-order valence-electron chi connectivity index (χ3n) is 3.66. The summed E-state index contributed by atoms with van der Waals surface area (Å²) < 4.78 is 28.2. The lowest BCUT2D eigenvalue weighted by molar-refractivity contribution is 0.201. The molecule has 0 aliphatic carbocycles. The highest BCUT2D eigenvalue weighted by Gasteiger charge is 2.12. The molecule has 136 valence electrons. The molecule has 1 aromatic heterocycles. The van der Waals surface area contributed by atoms with E-state index in [1.165, 1.54) is 0 Å².